The maximum atomic E-state index is 5.65. The molecule has 0 aliphatic heterocycles. The lowest BCUT2D eigenvalue weighted by Gasteiger charge is -2.23. The first kappa shape index (κ1) is 10.7. The van der Waals surface area contributed by atoms with Gasteiger partial charge in [0.25, 0.3) is 0 Å². The summed E-state index contributed by atoms with van der Waals surface area (Å²) in [5, 5.41) is 0. The molecule has 0 aromatic heterocycles. The van der Waals surface area contributed by atoms with E-state index in [9.17, 15) is 0 Å². The molecule has 1 fully saturated rings. The summed E-state index contributed by atoms with van der Waals surface area (Å²) in [7, 11) is 0. The Labute approximate surface area is 91.8 Å². The largest absolute Gasteiger partial charge is 0.271 e. The molecule has 0 radical (unpaired) electrons. The summed E-state index contributed by atoms with van der Waals surface area (Å²) in [6.07, 6.45) is 3.65. The number of rotatable bonds is 4. The van der Waals surface area contributed by atoms with Gasteiger partial charge in [-0.05, 0) is 35.8 Å². The van der Waals surface area contributed by atoms with Crippen molar-refractivity contribution in [3.8, 4) is 0 Å². The van der Waals surface area contributed by atoms with Gasteiger partial charge in [0, 0.05) is 0 Å². The first-order chi connectivity index (χ1) is 7.19. The van der Waals surface area contributed by atoms with Gasteiger partial charge in [0.2, 0.25) is 0 Å². The first-order valence-electron chi connectivity index (χ1n) is 5.74. The molecule has 0 bridgehead atoms. The Morgan fingerprint density at radius 2 is 1.93 bits per heavy atom. The van der Waals surface area contributed by atoms with Gasteiger partial charge in [-0.1, -0.05) is 38.1 Å². The van der Waals surface area contributed by atoms with E-state index < -0.39 is 0 Å². The van der Waals surface area contributed by atoms with E-state index in [4.69, 9.17) is 5.84 Å². The fourth-order valence-corrected chi connectivity index (χ4v) is 2.13. The maximum Gasteiger partial charge on any atom is 0.0513 e. The molecule has 15 heavy (non-hydrogen) atoms. The highest BCUT2D eigenvalue weighted by atomic mass is 15.2. The van der Waals surface area contributed by atoms with E-state index in [0.29, 0.717) is 11.5 Å². The Bertz CT molecular complexity index is 325. The van der Waals surface area contributed by atoms with Crippen molar-refractivity contribution in [2.75, 3.05) is 0 Å². The summed E-state index contributed by atoms with van der Waals surface area (Å²) >= 11 is 0. The zero-order valence-electron chi connectivity index (χ0n) is 9.59. The molecule has 1 atom stereocenters. The molecule has 2 heteroatoms. The molecule has 82 valence electrons. The van der Waals surface area contributed by atoms with Crippen LogP contribution in [0.4, 0.5) is 0 Å². The van der Waals surface area contributed by atoms with Crippen LogP contribution in [0.25, 0.3) is 0 Å². The van der Waals surface area contributed by atoms with Crippen molar-refractivity contribution >= 4 is 0 Å². The van der Waals surface area contributed by atoms with Crippen LogP contribution in [0.3, 0.4) is 0 Å². The van der Waals surface area contributed by atoms with Crippen LogP contribution in [0.5, 0.6) is 0 Å². The lowest BCUT2D eigenvalue weighted by atomic mass is 9.91. The molecule has 0 spiro atoms. The topological polar surface area (TPSA) is 38.0 Å². The Morgan fingerprint density at radius 1 is 1.33 bits per heavy atom. The normalized spacial score (nSPS) is 19.9. The van der Waals surface area contributed by atoms with Crippen LogP contribution in [-0.2, 0) is 6.42 Å². The van der Waals surface area contributed by atoms with Crippen molar-refractivity contribution in [1.29, 1.82) is 0 Å². The molecule has 0 saturated heterocycles. The van der Waals surface area contributed by atoms with Crippen molar-refractivity contribution in [2.24, 2.45) is 11.3 Å². The fraction of sp³-hybridized carbons (Fsp3) is 0.538. The molecule has 2 rings (SSSR count). The molecule has 3 N–H and O–H groups in total. The summed E-state index contributed by atoms with van der Waals surface area (Å²) in [4.78, 5) is 0. The summed E-state index contributed by atoms with van der Waals surface area (Å²) in [6, 6.07) is 9.11. The van der Waals surface area contributed by atoms with E-state index in [1.807, 2.05) is 0 Å². The van der Waals surface area contributed by atoms with E-state index in [1.165, 1.54) is 24.0 Å². The SMILES string of the molecule is CCc1ccc(C(NN)C2(C)CC2)cc1. The van der Waals surface area contributed by atoms with E-state index in [-0.39, 0.29) is 0 Å². The Kier molecular flexibility index (Phi) is 2.81. The zero-order chi connectivity index (χ0) is 10.9. The summed E-state index contributed by atoms with van der Waals surface area (Å²) in [5.74, 6) is 5.65. The monoisotopic (exact) mass is 204 g/mol. The smallest absolute Gasteiger partial charge is 0.0513 e. The summed E-state index contributed by atoms with van der Waals surface area (Å²) < 4.78 is 0. The second-order valence-electron chi connectivity index (χ2n) is 4.85. The van der Waals surface area contributed by atoms with Gasteiger partial charge in [0.05, 0.1) is 6.04 Å². The lowest BCUT2D eigenvalue weighted by molar-refractivity contribution is 0.372. The molecule has 1 aliphatic carbocycles. The second-order valence-corrected chi connectivity index (χ2v) is 4.85. The van der Waals surface area contributed by atoms with E-state index in [0.717, 1.165) is 6.42 Å². The predicted molar refractivity (Wildman–Crippen MR) is 63.2 cm³/mol. The number of aryl methyl sites for hydroxylation is 1. The molecule has 2 nitrogen and oxygen atoms in total. The van der Waals surface area contributed by atoms with Gasteiger partial charge in [-0.3, -0.25) is 11.3 Å². The van der Waals surface area contributed by atoms with Gasteiger partial charge >= 0.3 is 0 Å². The van der Waals surface area contributed by atoms with Crippen molar-refractivity contribution in [3.63, 3.8) is 0 Å². The first-order valence-corrected chi connectivity index (χ1v) is 5.74. The molecule has 0 heterocycles. The number of hydrogen-bond donors (Lipinski definition) is 2. The molecule has 0 amide bonds. The number of benzene rings is 1. The highest BCUT2D eigenvalue weighted by Gasteiger charge is 2.44. The third kappa shape index (κ3) is 2.06. The average molecular weight is 204 g/mol. The van der Waals surface area contributed by atoms with Crippen LogP contribution in [0.2, 0.25) is 0 Å². The third-order valence-corrected chi connectivity index (χ3v) is 3.62. The minimum absolute atomic E-state index is 0.309. The van der Waals surface area contributed by atoms with Crippen molar-refractivity contribution in [2.45, 2.75) is 39.2 Å². The number of hydrazine groups is 1. The molecule has 1 aliphatic rings. The molecule has 1 aromatic carbocycles. The minimum Gasteiger partial charge on any atom is -0.271 e. The van der Waals surface area contributed by atoms with E-state index >= 15 is 0 Å². The lowest BCUT2D eigenvalue weighted by Crippen LogP contribution is -2.33. The predicted octanol–water partition coefficient (Wildman–Crippen LogP) is 2.55. The molecule has 1 saturated carbocycles. The van der Waals surface area contributed by atoms with Gasteiger partial charge in [-0.15, -0.1) is 0 Å². The van der Waals surface area contributed by atoms with Crippen LogP contribution < -0.4 is 11.3 Å². The molecule has 1 unspecified atom stereocenters. The quantitative estimate of drug-likeness (QED) is 0.584. The highest BCUT2D eigenvalue weighted by Crippen LogP contribution is 2.54. The zero-order valence-corrected chi connectivity index (χ0v) is 9.59. The van der Waals surface area contributed by atoms with Crippen LogP contribution in [0.1, 0.15) is 43.9 Å². The Hall–Kier alpha value is -0.860. The van der Waals surface area contributed by atoms with Gasteiger partial charge in [0.15, 0.2) is 0 Å². The van der Waals surface area contributed by atoms with Crippen LogP contribution >= 0.6 is 0 Å². The van der Waals surface area contributed by atoms with Crippen LogP contribution in [0, 0.1) is 5.41 Å². The van der Waals surface area contributed by atoms with Crippen molar-refractivity contribution in [1.82, 2.24) is 5.43 Å². The molecular formula is C13H20N2. The summed E-state index contributed by atoms with van der Waals surface area (Å²) in [5.41, 5.74) is 6.03. The van der Waals surface area contributed by atoms with Crippen LogP contribution in [-0.4, -0.2) is 0 Å². The third-order valence-electron chi connectivity index (χ3n) is 3.62. The molecule has 1 aromatic rings. The Morgan fingerprint density at radius 3 is 2.33 bits per heavy atom. The van der Waals surface area contributed by atoms with E-state index in [2.05, 4.69) is 43.5 Å². The Balaban J connectivity index is 2.19. The highest BCUT2D eigenvalue weighted by molar-refractivity contribution is 5.27. The van der Waals surface area contributed by atoms with Crippen LogP contribution in [0.15, 0.2) is 24.3 Å². The van der Waals surface area contributed by atoms with Crippen molar-refractivity contribution in [3.05, 3.63) is 35.4 Å². The second kappa shape index (κ2) is 3.95. The van der Waals surface area contributed by atoms with Gasteiger partial charge in [0.1, 0.15) is 0 Å². The number of hydrogen-bond acceptors (Lipinski definition) is 2. The van der Waals surface area contributed by atoms with Gasteiger partial charge in [-0.2, -0.15) is 0 Å². The number of nitrogens with one attached hydrogen (secondary N) is 1. The van der Waals surface area contributed by atoms with Gasteiger partial charge in [-0.25, -0.2) is 0 Å². The van der Waals surface area contributed by atoms with Gasteiger partial charge < -0.3 is 0 Å². The maximum absolute atomic E-state index is 5.65. The molecular weight excluding hydrogens is 184 g/mol. The van der Waals surface area contributed by atoms with E-state index in [1.54, 1.807) is 0 Å². The number of nitrogens with two attached hydrogens (primary N) is 1. The fourth-order valence-electron chi connectivity index (χ4n) is 2.13. The standard InChI is InChI=1S/C13H20N2/c1-3-10-4-6-11(7-5-10)12(15-14)13(2)8-9-13/h4-7,12,15H,3,8-9,14H2,1-2H3. The van der Waals surface area contributed by atoms with Crippen molar-refractivity contribution < 1.29 is 0 Å². The average Bonchev–Trinajstić information content (AvgIpc) is 2.99. The minimum atomic E-state index is 0.309. The summed E-state index contributed by atoms with van der Waals surface area (Å²) in [6.45, 7) is 4.47.